The van der Waals surface area contributed by atoms with Crippen molar-refractivity contribution >= 4 is 5.78 Å². The van der Waals surface area contributed by atoms with Crippen molar-refractivity contribution in [3.05, 3.63) is 65.5 Å². The van der Waals surface area contributed by atoms with Gasteiger partial charge in [0, 0.05) is 11.5 Å². The molecule has 0 saturated carbocycles. The Hall–Kier alpha value is -2.33. The molecule has 0 bridgehead atoms. The van der Waals surface area contributed by atoms with Crippen molar-refractivity contribution in [1.82, 2.24) is 0 Å². The number of aliphatic hydroxyl groups excluding tert-OH is 1. The molecule has 0 heterocycles. The monoisotopic (exact) mass is 286 g/mol. The third-order valence-corrected chi connectivity index (χ3v) is 3.32. The van der Waals surface area contributed by atoms with Crippen LogP contribution in [0, 0.1) is 0 Å². The quantitative estimate of drug-likeness (QED) is 0.903. The highest BCUT2D eigenvalue weighted by atomic mass is 16.5. The van der Waals surface area contributed by atoms with Crippen LogP contribution in [0.5, 0.6) is 5.75 Å². The third kappa shape index (κ3) is 3.41. The number of carbonyl (C=O) groups is 1. The molecule has 1 aliphatic rings. The molecular formula is C17H18O4. The van der Waals surface area contributed by atoms with Crippen molar-refractivity contribution in [1.29, 1.82) is 0 Å². The van der Waals surface area contributed by atoms with Crippen molar-refractivity contribution in [2.75, 3.05) is 20.8 Å². The fourth-order valence-corrected chi connectivity index (χ4v) is 2.23. The van der Waals surface area contributed by atoms with Gasteiger partial charge in [-0.2, -0.15) is 0 Å². The van der Waals surface area contributed by atoms with E-state index in [1.165, 1.54) is 13.2 Å². The van der Waals surface area contributed by atoms with Gasteiger partial charge in [-0.25, -0.2) is 0 Å². The van der Waals surface area contributed by atoms with Gasteiger partial charge < -0.3 is 14.6 Å². The van der Waals surface area contributed by atoms with Gasteiger partial charge in [-0.15, -0.1) is 0 Å². The van der Waals surface area contributed by atoms with Gasteiger partial charge in [-0.05, 0) is 23.8 Å². The van der Waals surface area contributed by atoms with E-state index in [0.717, 1.165) is 16.9 Å². The van der Waals surface area contributed by atoms with Crippen LogP contribution in [0.1, 0.15) is 11.5 Å². The number of carbonyl (C=O) groups excluding carboxylic acids is 1. The molecule has 1 unspecified atom stereocenters. The van der Waals surface area contributed by atoms with Crippen LogP contribution in [-0.2, 0) is 9.53 Å². The SMILES string of the molecule is COC1=C/C(=C\C(CO)c2ccccc2OC)C=CC1=O. The number of benzene rings is 1. The number of hydrogen-bond donors (Lipinski definition) is 1. The van der Waals surface area contributed by atoms with Crippen molar-refractivity contribution in [3.8, 4) is 5.75 Å². The molecule has 0 amide bonds. The predicted molar refractivity (Wildman–Crippen MR) is 80.1 cm³/mol. The van der Waals surface area contributed by atoms with Gasteiger partial charge in [0.25, 0.3) is 0 Å². The Morgan fingerprint density at radius 1 is 1.19 bits per heavy atom. The lowest BCUT2D eigenvalue weighted by atomic mass is 9.94. The van der Waals surface area contributed by atoms with E-state index in [2.05, 4.69) is 0 Å². The van der Waals surface area contributed by atoms with Crippen molar-refractivity contribution < 1.29 is 19.4 Å². The number of ketones is 1. The minimum Gasteiger partial charge on any atom is -0.496 e. The van der Waals surface area contributed by atoms with Crippen LogP contribution in [0.3, 0.4) is 0 Å². The number of rotatable bonds is 5. The number of hydrogen-bond acceptors (Lipinski definition) is 4. The Labute approximate surface area is 124 Å². The van der Waals surface area contributed by atoms with E-state index in [4.69, 9.17) is 9.47 Å². The molecule has 0 aliphatic heterocycles. The second-order valence-electron chi connectivity index (χ2n) is 4.61. The molecule has 21 heavy (non-hydrogen) atoms. The van der Waals surface area contributed by atoms with Crippen LogP contribution >= 0.6 is 0 Å². The summed E-state index contributed by atoms with van der Waals surface area (Å²) in [5.41, 5.74) is 1.71. The van der Waals surface area contributed by atoms with E-state index in [1.54, 1.807) is 19.3 Å². The van der Waals surface area contributed by atoms with Gasteiger partial charge in [0.15, 0.2) is 5.76 Å². The Kier molecular flexibility index (Phi) is 4.95. The highest BCUT2D eigenvalue weighted by Gasteiger charge is 2.16. The first kappa shape index (κ1) is 15.1. The Bertz CT molecular complexity index is 611. The summed E-state index contributed by atoms with van der Waals surface area (Å²) in [6.45, 7) is -0.0538. The Morgan fingerprint density at radius 3 is 2.62 bits per heavy atom. The number of para-hydroxylation sites is 1. The van der Waals surface area contributed by atoms with Gasteiger partial charge in [0.1, 0.15) is 5.75 Å². The van der Waals surface area contributed by atoms with E-state index in [1.807, 2.05) is 30.3 Å². The van der Waals surface area contributed by atoms with E-state index in [-0.39, 0.29) is 18.3 Å². The minimum atomic E-state index is -0.219. The number of ether oxygens (including phenoxy) is 2. The Balaban J connectivity index is 2.35. The molecule has 110 valence electrons. The summed E-state index contributed by atoms with van der Waals surface area (Å²) in [4.78, 5) is 11.5. The summed E-state index contributed by atoms with van der Waals surface area (Å²) >= 11 is 0. The highest BCUT2D eigenvalue weighted by Crippen LogP contribution is 2.29. The number of allylic oxidation sites excluding steroid dienone is 4. The van der Waals surface area contributed by atoms with E-state index < -0.39 is 0 Å². The topological polar surface area (TPSA) is 55.8 Å². The highest BCUT2D eigenvalue weighted by molar-refractivity contribution is 6.04. The smallest absolute Gasteiger partial charge is 0.220 e. The fourth-order valence-electron chi connectivity index (χ4n) is 2.23. The number of aliphatic hydroxyl groups is 1. The van der Waals surface area contributed by atoms with Crippen LogP contribution in [0.25, 0.3) is 0 Å². The average Bonchev–Trinajstić information content (AvgIpc) is 2.54. The zero-order valence-electron chi connectivity index (χ0n) is 12.1. The molecule has 0 spiro atoms. The summed E-state index contributed by atoms with van der Waals surface area (Å²) in [5, 5.41) is 9.66. The van der Waals surface area contributed by atoms with Crippen LogP contribution in [0.2, 0.25) is 0 Å². The minimum absolute atomic E-state index is 0.0538. The molecular weight excluding hydrogens is 268 g/mol. The second kappa shape index (κ2) is 6.90. The predicted octanol–water partition coefficient (Wildman–Crippen LogP) is 2.37. The first-order chi connectivity index (χ1) is 10.2. The molecule has 2 rings (SSSR count). The van der Waals surface area contributed by atoms with Gasteiger partial charge in [0.05, 0.1) is 20.8 Å². The lowest BCUT2D eigenvalue weighted by molar-refractivity contribution is -0.114. The molecule has 1 atom stereocenters. The van der Waals surface area contributed by atoms with Crippen LogP contribution in [-0.4, -0.2) is 31.7 Å². The molecule has 4 heteroatoms. The molecule has 0 fully saturated rings. The number of methoxy groups -OCH3 is 2. The van der Waals surface area contributed by atoms with Gasteiger partial charge in [0.2, 0.25) is 5.78 Å². The molecule has 0 saturated heterocycles. The maximum Gasteiger partial charge on any atom is 0.220 e. The van der Waals surface area contributed by atoms with Crippen molar-refractivity contribution in [2.24, 2.45) is 0 Å². The maximum absolute atomic E-state index is 11.5. The third-order valence-electron chi connectivity index (χ3n) is 3.32. The summed E-state index contributed by atoms with van der Waals surface area (Å²) in [6, 6.07) is 7.55. The van der Waals surface area contributed by atoms with Crippen molar-refractivity contribution in [3.63, 3.8) is 0 Å². The van der Waals surface area contributed by atoms with E-state index >= 15 is 0 Å². The lowest BCUT2D eigenvalue weighted by Gasteiger charge is -2.16. The van der Waals surface area contributed by atoms with Crippen LogP contribution in [0.4, 0.5) is 0 Å². The largest absolute Gasteiger partial charge is 0.496 e. The first-order valence-corrected chi connectivity index (χ1v) is 6.63. The molecule has 0 radical (unpaired) electrons. The van der Waals surface area contributed by atoms with Gasteiger partial charge >= 0.3 is 0 Å². The summed E-state index contributed by atoms with van der Waals surface area (Å²) in [7, 11) is 3.06. The molecule has 1 aliphatic carbocycles. The standard InChI is InChI=1S/C17H18O4/c1-20-16-6-4-3-5-14(16)13(11-18)9-12-7-8-15(19)17(10-12)21-2/h3-10,13,18H,11H2,1-2H3/b12-9-. The average molecular weight is 286 g/mol. The Morgan fingerprint density at radius 2 is 1.95 bits per heavy atom. The summed E-state index contributed by atoms with van der Waals surface area (Å²) < 4.78 is 10.4. The zero-order chi connectivity index (χ0) is 15.2. The molecule has 1 N–H and O–H groups in total. The van der Waals surface area contributed by atoms with Crippen LogP contribution < -0.4 is 4.74 Å². The molecule has 0 aromatic heterocycles. The molecule has 1 aromatic carbocycles. The maximum atomic E-state index is 11.5. The molecule has 1 aromatic rings. The summed E-state index contributed by atoms with van der Waals surface area (Å²) in [6.07, 6.45) is 6.73. The van der Waals surface area contributed by atoms with Crippen LogP contribution in [0.15, 0.2) is 59.9 Å². The lowest BCUT2D eigenvalue weighted by Crippen LogP contribution is -2.07. The normalized spacial score (nSPS) is 17.6. The first-order valence-electron chi connectivity index (χ1n) is 6.63. The molecule has 4 nitrogen and oxygen atoms in total. The van der Waals surface area contributed by atoms with Gasteiger partial charge in [-0.3, -0.25) is 4.79 Å². The fraction of sp³-hybridized carbons (Fsp3) is 0.235. The van der Waals surface area contributed by atoms with E-state index in [0.29, 0.717) is 5.76 Å². The van der Waals surface area contributed by atoms with E-state index in [9.17, 15) is 9.90 Å². The van der Waals surface area contributed by atoms with Crippen molar-refractivity contribution in [2.45, 2.75) is 5.92 Å². The zero-order valence-corrected chi connectivity index (χ0v) is 12.1. The second-order valence-corrected chi connectivity index (χ2v) is 4.61. The summed E-state index contributed by atoms with van der Waals surface area (Å²) in [5.74, 6) is 0.636. The van der Waals surface area contributed by atoms with Gasteiger partial charge in [-0.1, -0.05) is 30.4 Å².